The van der Waals surface area contributed by atoms with Crippen LogP contribution in [0.5, 0.6) is 0 Å². The standard InChI is InChI=1S/C22H21F7N6O2S/c23-18-10-31-14(9-19(18)30)11-35-15(5-8-33-7-2-6-32-33)12-34(38(36,37)22(27,28)29)13-16-17(21(24,25)26)3-1-4-20(16)35/h1-4,6-7,9-10,15H,5,8,11-13H2,(H2,30,31). The first kappa shape index (κ1) is 27.6. The summed E-state index contributed by atoms with van der Waals surface area (Å²) in [4.78, 5) is 5.26. The van der Waals surface area contributed by atoms with Crippen molar-refractivity contribution >= 4 is 21.4 Å². The largest absolute Gasteiger partial charge is 0.511 e. The number of benzene rings is 1. The van der Waals surface area contributed by atoms with Crippen LogP contribution >= 0.6 is 0 Å². The Labute approximate surface area is 212 Å². The van der Waals surface area contributed by atoms with Crippen LogP contribution in [0.3, 0.4) is 0 Å². The number of hydrogen-bond donors (Lipinski definition) is 1. The minimum Gasteiger partial charge on any atom is -0.396 e. The SMILES string of the molecule is Nc1cc(CN2c3cccc(C(F)(F)F)c3CN(S(=O)(=O)C(F)(F)F)CC2CCn2cccn2)ncc1F. The van der Waals surface area contributed by atoms with E-state index in [4.69, 9.17) is 5.73 Å². The van der Waals surface area contributed by atoms with Crippen molar-refractivity contribution in [3.63, 3.8) is 0 Å². The molecule has 8 nitrogen and oxygen atoms in total. The lowest BCUT2D eigenvalue weighted by molar-refractivity contribution is -0.138. The van der Waals surface area contributed by atoms with Crippen LogP contribution in [0.4, 0.5) is 42.1 Å². The lowest BCUT2D eigenvalue weighted by Crippen LogP contribution is -2.47. The Morgan fingerprint density at radius 1 is 1.11 bits per heavy atom. The Morgan fingerprint density at radius 3 is 2.45 bits per heavy atom. The van der Waals surface area contributed by atoms with Gasteiger partial charge in [-0.2, -0.15) is 35.7 Å². The number of aromatic nitrogens is 3. The predicted molar refractivity (Wildman–Crippen MR) is 122 cm³/mol. The van der Waals surface area contributed by atoms with E-state index in [1.807, 2.05) is 0 Å². The maximum absolute atomic E-state index is 14.0. The molecule has 0 saturated heterocycles. The lowest BCUT2D eigenvalue weighted by Gasteiger charge is -2.34. The van der Waals surface area contributed by atoms with Crippen LogP contribution in [0.2, 0.25) is 0 Å². The van der Waals surface area contributed by atoms with Crippen LogP contribution in [0, 0.1) is 5.82 Å². The molecule has 0 aliphatic carbocycles. The molecule has 16 heteroatoms. The summed E-state index contributed by atoms with van der Waals surface area (Å²) >= 11 is 0. The topological polar surface area (TPSA) is 97.3 Å². The Morgan fingerprint density at radius 2 is 1.84 bits per heavy atom. The summed E-state index contributed by atoms with van der Waals surface area (Å²) in [6.45, 7) is -2.13. The molecule has 4 rings (SSSR count). The Hall–Kier alpha value is -3.40. The number of rotatable bonds is 6. The number of nitrogens with two attached hydrogens (primary N) is 1. The highest BCUT2D eigenvalue weighted by atomic mass is 32.2. The van der Waals surface area contributed by atoms with E-state index in [9.17, 15) is 39.2 Å². The average Bonchev–Trinajstić information content (AvgIpc) is 3.28. The fourth-order valence-corrected chi connectivity index (χ4v) is 5.27. The van der Waals surface area contributed by atoms with E-state index in [2.05, 4.69) is 10.1 Å². The van der Waals surface area contributed by atoms with Crippen molar-refractivity contribution in [2.45, 2.75) is 43.8 Å². The number of nitrogen functional groups attached to an aromatic ring is 1. The quantitative estimate of drug-likeness (QED) is 0.451. The van der Waals surface area contributed by atoms with E-state index >= 15 is 0 Å². The molecule has 0 amide bonds. The van der Waals surface area contributed by atoms with E-state index in [1.54, 1.807) is 12.3 Å². The molecule has 0 bridgehead atoms. The third kappa shape index (κ3) is 5.55. The molecule has 1 aromatic carbocycles. The second-order valence-corrected chi connectivity index (χ2v) is 10.5. The molecule has 38 heavy (non-hydrogen) atoms. The van der Waals surface area contributed by atoms with Crippen molar-refractivity contribution < 1.29 is 39.2 Å². The summed E-state index contributed by atoms with van der Waals surface area (Å²) in [5.41, 5.74) is -2.36. The molecular weight excluding hydrogens is 545 g/mol. The highest BCUT2D eigenvalue weighted by molar-refractivity contribution is 7.89. The second-order valence-electron chi connectivity index (χ2n) is 8.58. The van der Waals surface area contributed by atoms with Crippen LogP contribution in [0.25, 0.3) is 0 Å². The zero-order valence-corrected chi connectivity index (χ0v) is 20.2. The number of sulfonamides is 1. The monoisotopic (exact) mass is 566 g/mol. The third-order valence-corrected chi connectivity index (χ3v) is 7.66. The van der Waals surface area contributed by atoms with E-state index in [-0.39, 0.29) is 40.9 Å². The molecule has 0 fully saturated rings. The van der Waals surface area contributed by atoms with E-state index in [1.165, 1.54) is 21.8 Å². The number of hydrogen-bond acceptors (Lipinski definition) is 6. The van der Waals surface area contributed by atoms with Gasteiger partial charge in [0.2, 0.25) is 0 Å². The molecule has 1 unspecified atom stereocenters. The molecule has 2 N–H and O–H groups in total. The first-order chi connectivity index (χ1) is 17.7. The van der Waals surface area contributed by atoms with Crippen LogP contribution < -0.4 is 10.6 Å². The summed E-state index contributed by atoms with van der Waals surface area (Å²) in [6.07, 6.45) is -1.14. The minimum atomic E-state index is -6.01. The van der Waals surface area contributed by atoms with Gasteiger partial charge in [0, 0.05) is 49.3 Å². The van der Waals surface area contributed by atoms with Crippen molar-refractivity contribution in [1.29, 1.82) is 0 Å². The maximum atomic E-state index is 14.0. The molecule has 1 aliphatic rings. The van der Waals surface area contributed by atoms with Gasteiger partial charge in [-0.15, -0.1) is 0 Å². The van der Waals surface area contributed by atoms with Gasteiger partial charge in [-0.25, -0.2) is 12.8 Å². The first-order valence-electron chi connectivity index (χ1n) is 11.1. The minimum absolute atomic E-state index is 0.00206. The smallest absolute Gasteiger partial charge is 0.396 e. The van der Waals surface area contributed by atoms with E-state index in [0.29, 0.717) is 6.07 Å². The number of nitrogens with zero attached hydrogens (tertiary/aromatic N) is 5. The zero-order chi connectivity index (χ0) is 27.9. The van der Waals surface area contributed by atoms with Gasteiger partial charge in [0.1, 0.15) is 0 Å². The summed E-state index contributed by atoms with van der Waals surface area (Å²) in [5.74, 6) is -0.831. The van der Waals surface area contributed by atoms with Gasteiger partial charge in [0.15, 0.2) is 5.82 Å². The predicted octanol–water partition coefficient (Wildman–Crippen LogP) is 4.15. The van der Waals surface area contributed by atoms with Gasteiger partial charge in [-0.1, -0.05) is 6.07 Å². The van der Waals surface area contributed by atoms with E-state index in [0.717, 1.165) is 18.3 Å². The van der Waals surface area contributed by atoms with E-state index < -0.39 is 57.8 Å². The van der Waals surface area contributed by atoms with Crippen LogP contribution in [0.15, 0.2) is 48.9 Å². The zero-order valence-electron chi connectivity index (χ0n) is 19.4. The van der Waals surface area contributed by atoms with Crippen molar-refractivity contribution in [3.8, 4) is 0 Å². The average molecular weight is 567 g/mol. The summed E-state index contributed by atoms with van der Waals surface area (Å²) < 4.78 is 123. The molecular formula is C22H21F7N6O2S. The fourth-order valence-electron chi connectivity index (χ4n) is 4.31. The highest BCUT2D eigenvalue weighted by Crippen LogP contribution is 2.41. The van der Waals surface area contributed by atoms with Gasteiger partial charge < -0.3 is 10.6 Å². The number of pyridine rings is 1. The Kier molecular flexibility index (Phi) is 7.31. The van der Waals surface area contributed by atoms with Crippen LogP contribution in [-0.2, 0) is 35.8 Å². The number of aryl methyl sites for hydroxylation is 1. The Bertz CT molecular complexity index is 1390. The first-order valence-corrected chi connectivity index (χ1v) is 12.5. The van der Waals surface area contributed by atoms with Crippen molar-refractivity contribution in [1.82, 2.24) is 19.1 Å². The number of fused-ring (bicyclic) bond motifs is 1. The molecule has 3 heterocycles. The van der Waals surface area contributed by atoms with Gasteiger partial charge in [0.25, 0.3) is 0 Å². The lowest BCUT2D eigenvalue weighted by atomic mass is 10.0. The van der Waals surface area contributed by atoms with Crippen LogP contribution in [0.1, 0.15) is 23.2 Å². The molecule has 3 aromatic rings. The molecule has 2 aromatic heterocycles. The highest BCUT2D eigenvalue weighted by Gasteiger charge is 2.52. The molecule has 206 valence electrons. The molecule has 1 atom stereocenters. The molecule has 0 spiro atoms. The van der Waals surface area contributed by atoms with Crippen molar-refractivity contribution in [3.05, 3.63) is 71.6 Å². The van der Waals surface area contributed by atoms with Gasteiger partial charge in [-0.05, 0) is 30.7 Å². The van der Waals surface area contributed by atoms with Crippen molar-refractivity contribution in [2.24, 2.45) is 0 Å². The molecule has 1 aliphatic heterocycles. The Balaban J connectivity index is 1.88. The normalized spacial score (nSPS) is 17.3. The van der Waals surface area contributed by atoms with Gasteiger partial charge >= 0.3 is 21.7 Å². The van der Waals surface area contributed by atoms with Gasteiger partial charge in [-0.3, -0.25) is 9.67 Å². The number of anilines is 2. The van der Waals surface area contributed by atoms with Crippen molar-refractivity contribution in [2.75, 3.05) is 17.2 Å². The summed E-state index contributed by atoms with van der Waals surface area (Å²) in [7, 11) is -6.01. The molecule has 0 saturated carbocycles. The maximum Gasteiger partial charge on any atom is 0.511 e. The second kappa shape index (κ2) is 10.1. The van der Waals surface area contributed by atoms with Crippen LogP contribution in [-0.4, -0.2) is 45.6 Å². The number of alkyl halides is 6. The molecule has 0 radical (unpaired) electrons. The van der Waals surface area contributed by atoms with Gasteiger partial charge in [0.05, 0.1) is 29.7 Å². The third-order valence-electron chi connectivity index (χ3n) is 6.11. The fraction of sp³-hybridized carbons (Fsp3) is 0.364. The summed E-state index contributed by atoms with van der Waals surface area (Å²) in [5, 5.41) is 4.02. The summed E-state index contributed by atoms with van der Waals surface area (Å²) in [6, 6.07) is 4.72. The number of halogens is 7.